The van der Waals surface area contributed by atoms with E-state index in [0.717, 1.165) is 31.1 Å². The molecule has 0 aromatic heterocycles. The maximum atomic E-state index is 6.08. The van der Waals surface area contributed by atoms with Crippen molar-refractivity contribution in [2.24, 2.45) is 0 Å². The number of fused-ring (bicyclic) bond motifs is 2. The molecule has 0 saturated carbocycles. The molecule has 150 valence electrons. The van der Waals surface area contributed by atoms with Crippen LogP contribution in [0, 0.1) is 0 Å². The topological polar surface area (TPSA) is 33.7 Å². The van der Waals surface area contributed by atoms with Crippen molar-refractivity contribution in [1.82, 2.24) is 5.32 Å². The third kappa shape index (κ3) is 4.58. The molecule has 0 amide bonds. The molecule has 0 spiro atoms. The molecule has 3 aromatic rings. The average molecular weight is 407 g/mol. The number of rotatable bonds is 7. The summed E-state index contributed by atoms with van der Waals surface area (Å²) in [6.45, 7) is 1.65. The number of ether oxygens (including phenoxy) is 2. The van der Waals surface area contributed by atoms with Gasteiger partial charge in [0.25, 0.3) is 0 Å². The Morgan fingerprint density at radius 2 is 1.72 bits per heavy atom. The summed E-state index contributed by atoms with van der Waals surface area (Å²) >= 11 is 1.74. The van der Waals surface area contributed by atoms with E-state index in [1.807, 2.05) is 30.3 Å². The highest BCUT2D eigenvalue weighted by atomic mass is 32.2. The van der Waals surface area contributed by atoms with Gasteiger partial charge >= 0.3 is 0 Å². The molecular formula is C24H26N2O2S. The summed E-state index contributed by atoms with van der Waals surface area (Å²) in [6.07, 6.45) is 0.975. The summed E-state index contributed by atoms with van der Waals surface area (Å²) in [7, 11) is 3.86. The fourth-order valence-corrected chi connectivity index (χ4v) is 4.61. The van der Waals surface area contributed by atoms with Crippen molar-refractivity contribution < 1.29 is 9.47 Å². The Balaban J connectivity index is 1.67. The van der Waals surface area contributed by atoms with Crippen molar-refractivity contribution in [3.63, 3.8) is 0 Å². The van der Waals surface area contributed by atoms with Crippen molar-refractivity contribution in [2.45, 2.75) is 17.4 Å². The zero-order valence-electron chi connectivity index (χ0n) is 16.8. The third-order valence-corrected chi connectivity index (χ3v) is 5.99. The molecule has 0 fully saturated rings. The molecule has 0 bridgehead atoms. The highest BCUT2D eigenvalue weighted by Crippen LogP contribution is 2.44. The molecule has 1 aliphatic heterocycles. The van der Waals surface area contributed by atoms with Gasteiger partial charge in [0.05, 0.1) is 11.7 Å². The van der Waals surface area contributed by atoms with Crippen LogP contribution in [-0.4, -0.2) is 27.3 Å². The average Bonchev–Trinajstić information content (AvgIpc) is 2.86. The molecule has 4 rings (SSSR count). The molecule has 0 saturated heterocycles. The Kier molecular flexibility index (Phi) is 6.39. The lowest BCUT2D eigenvalue weighted by atomic mass is 9.96. The van der Waals surface area contributed by atoms with Gasteiger partial charge in [0.1, 0.15) is 11.5 Å². The highest BCUT2D eigenvalue weighted by Gasteiger charge is 2.26. The molecule has 0 radical (unpaired) electrons. The van der Waals surface area contributed by atoms with Crippen LogP contribution >= 0.6 is 11.9 Å². The van der Waals surface area contributed by atoms with Crippen molar-refractivity contribution in [3.05, 3.63) is 83.9 Å². The molecule has 1 N–H and O–H groups in total. The van der Waals surface area contributed by atoms with Crippen LogP contribution in [0.1, 0.15) is 23.6 Å². The van der Waals surface area contributed by atoms with Gasteiger partial charge in [-0.15, -0.1) is 0 Å². The van der Waals surface area contributed by atoms with Crippen molar-refractivity contribution >= 4 is 17.6 Å². The van der Waals surface area contributed by atoms with Crippen molar-refractivity contribution in [3.8, 4) is 11.5 Å². The van der Waals surface area contributed by atoms with E-state index in [1.165, 1.54) is 21.7 Å². The lowest BCUT2D eigenvalue weighted by Gasteiger charge is -2.22. The fraction of sp³-hybridized carbons (Fsp3) is 0.250. The second-order valence-corrected chi connectivity index (χ2v) is 8.17. The standard InChI is InChI=1S/C24H26N2O2S/c1-26-22-12-7-6-11-20(22)24(25-15-8-16-27-2)21-14-13-19(17-23(21)29-26)28-18-9-4-3-5-10-18/h3-7,9-14,17,24-25H,8,15-16H2,1-2H3. The van der Waals surface area contributed by atoms with Crippen LogP contribution in [0.3, 0.4) is 0 Å². The number of methoxy groups -OCH3 is 1. The van der Waals surface area contributed by atoms with Gasteiger partial charge in [-0.3, -0.25) is 0 Å². The summed E-state index contributed by atoms with van der Waals surface area (Å²) in [5.74, 6) is 1.69. The summed E-state index contributed by atoms with van der Waals surface area (Å²) in [6, 6.07) is 25.0. The van der Waals surface area contributed by atoms with E-state index < -0.39 is 0 Å². The largest absolute Gasteiger partial charge is 0.457 e. The summed E-state index contributed by atoms with van der Waals surface area (Å²) in [4.78, 5) is 1.20. The van der Waals surface area contributed by atoms with E-state index in [2.05, 4.69) is 59.1 Å². The van der Waals surface area contributed by atoms with Gasteiger partial charge < -0.3 is 19.1 Å². The van der Waals surface area contributed by atoms with Gasteiger partial charge in [-0.2, -0.15) is 0 Å². The second-order valence-electron chi connectivity index (χ2n) is 7.00. The zero-order chi connectivity index (χ0) is 20.1. The minimum atomic E-state index is 0.126. The predicted molar refractivity (Wildman–Crippen MR) is 120 cm³/mol. The van der Waals surface area contributed by atoms with E-state index in [0.29, 0.717) is 0 Å². The third-order valence-electron chi connectivity index (χ3n) is 4.97. The minimum Gasteiger partial charge on any atom is -0.457 e. The second kappa shape index (κ2) is 9.35. The molecule has 1 heterocycles. The van der Waals surface area contributed by atoms with Crippen molar-refractivity contribution in [1.29, 1.82) is 0 Å². The SMILES string of the molecule is COCCCNC1c2ccc(Oc3ccccc3)cc2SN(C)c2ccccc21. The van der Waals surface area contributed by atoms with E-state index in [-0.39, 0.29) is 6.04 Å². The molecule has 1 aliphatic rings. The minimum absolute atomic E-state index is 0.126. The monoisotopic (exact) mass is 406 g/mol. The highest BCUT2D eigenvalue weighted by molar-refractivity contribution is 8.00. The van der Waals surface area contributed by atoms with Crippen LogP contribution in [0.25, 0.3) is 0 Å². The van der Waals surface area contributed by atoms with Gasteiger partial charge in [0.2, 0.25) is 0 Å². The normalized spacial score (nSPS) is 15.4. The maximum Gasteiger partial charge on any atom is 0.128 e. The molecule has 29 heavy (non-hydrogen) atoms. The van der Waals surface area contributed by atoms with Gasteiger partial charge in [-0.1, -0.05) is 42.5 Å². The number of hydrogen-bond donors (Lipinski definition) is 1. The quantitative estimate of drug-likeness (QED) is 0.405. The molecule has 0 aliphatic carbocycles. The van der Waals surface area contributed by atoms with E-state index >= 15 is 0 Å². The molecular weight excluding hydrogens is 380 g/mol. The first-order valence-electron chi connectivity index (χ1n) is 9.86. The Labute approximate surface area is 177 Å². The molecule has 4 nitrogen and oxygen atoms in total. The van der Waals surface area contributed by atoms with Gasteiger partial charge in [-0.05, 0) is 66.4 Å². The maximum absolute atomic E-state index is 6.08. The Morgan fingerprint density at radius 1 is 0.931 bits per heavy atom. The van der Waals surface area contributed by atoms with Crippen molar-refractivity contribution in [2.75, 3.05) is 31.6 Å². The van der Waals surface area contributed by atoms with Crippen LogP contribution in [0.4, 0.5) is 5.69 Å². The van der Waals surface area contributed by atoms with Crippen LogP contribution in [-0.2, 0) is 4.74 Å². The first-order chi connectivity index (χ1) is 14.3. The summed E-state index contributed by atoms with van der Waals surface area (Å²) < 4.78 is 13.5. The van der Waals surface area contributed by atoms with Crippen LogP contribution in [0.5, 0.6) is 11.5 Å². The summed E-state index contributed by atoms with van der Waals surface area (Å²) in [5, 5.41) is 3.74. The number of anilines is 1. The fourth-order valence-electron chi connectivity index (χ4n) is 3.59. The van der Waals surface area contributed by atoms with E-state index in [9.17, 15) is 0 Å². The molecule has 5 heteroatoms. The number of para-hydroxylation sites is 2. The van der Waals surface area contributed by atoms with Gasteiger partial charge in [0, 0.05) is 25.7 Å². The van der Waals surface area contributed by atoms with Gasteiger partial charge in [0.15, 0.2) is 0 Å². The predicted octanol–water partition coefficient (Wildman–Crippen LogP) is 5.65. The van der Waals surface area contributed by atoms with E-state index in [4.69, 9.17) is 9.47 Å². The number of benzene rings is 3. The van der Waals surface area contributed by atoms with Crippen LogP contribution in [0.2, 0.25) is 0 Å². The summed E-state index contributed by atoms with van der Waals surface area (Å²) in [5.41, 5.74) is 3.78. The van der Waals surface area contributed by atoms with Crippen LogP contribution in [0.15, 0.2) is 77.7 Å². The van der Waals surface area contributed by atoms with E-state index in [1.54, 1.807) is 19.1 Å². The zero-order valence-corrected chi connectivity index (χ0v) is 17.6. The van der Waals surface area contributed by atoms with Gasteiger partial charge in [-0.25, -0.2) is 0 Å². The molecule has 1 unspecified atom stereocenters. The Morgan fingerprint density at radius 3 is 2.55 bits per heavy atom. The number of nitrogens with one attached hydrogen (secondary N) is 1. The number of hydrogen-bond acceptors (Lipinski definition) is 5. The number of nitrogens with zero attached hydrogens (tertiary/aromatic N) is 1. The Bertz CT molecular complexity index is 949. The lowest BCUT2D eigenvalue weighted by molar-refractivity contribution is 0.193. The first kappa shape index (κ1) is 19.8. The molecule has 1 atom stereocenters. The lowest BCUT2D eigenvalue weighted by Crippen LogP contribution is -2.25. The smallest absolute Gasteiger partial charge is 0.128 e. The Hall–Kier alpha value is -2.47. The molecule has 3 aromatic carbocycles. The van der Waals surface area contributed by atoms with Crippen LogP contribution < -0.4 is 14.4 Å². The first-order valence-corrected chi connectivity index (χ1v) is 10.6.